The van der Waals surface area contributed by atoms with Gasteiger partial charge >= 0.3 is 0 Å². The first kappa shape index (κ1) is 18.3. The third-order valence-electron chi connectivity index (χ3n) is 4.63. The number of hydrogen-bond donors (Lipinski definition) is 0. The summed E-state index contributed by atoms with van der Waals surface area (Å²) >= 11 is 3.36. The Morgan fingerprint density at radius 2 is 1.88 bits per heavy atom. The van der Waals surface area contributed by atoms with Gasteiger partial charge < -0.3 is 9.13 Å². The highest BCUT2D eigenvalue weighted by Crippen LogP contribution is 2.22. The van der Waals surface area contributed by atoms with E-state index in [1.165, 1.54) is 10.6 Å². The molecule has 5 nitrogen and oxygen atoms in total. The van der Waals surface area contributed by atoms with Crippen molar-refractivity contribution < 1.29 is 4.79 Å². The molecule has 26 heavy (non-hydrogen) atoms. The van der Waals surface area contributed by atoms with Crippen LogP contribution in [0.4, 0.5) is 0 Å². The number of aryl methyl sites for hydroxylation is 1. The van der Waals surface area contributed by atoms with E-state index in [0.29, 0.717) is 12.1 Å². The quantitative estimate of drug-likeness (QED) is 0.595. The normalized spacial score (nSPS) is 12.2. The van der Waals surface area contributed by atoms with E-state index in [4.69, 9.17) is 0 Å². The van der Waals surface area contributed by atoms with Crippen LogP contribution in [-0.2, 0) is 6.54 Å². The molecule has 1 unspecified atom stereocenters. The molecule has 0 N–H and O–H groups in total. The molecule has 3 rings (SSSR count). The average molecular weight is 414 g/mol. The largest absolute Gasteiger partial charge is 0.344 e. The Balaban J connectivity index is 1.94. The summed E-state index contributed by atoms with van der Waals surface area (Å²) in [6.07, 6.45) is 5.18. The SMILES string of the molecule is Cc1cc(C(=O)C(C)n2cc(Br)ccc2=O)c(C)n1Cc1ccncc1. The molecule has 0 bridgehead atoms. The molecule has 6 heteroatoms. The lowest BCUT2D eigenvalue weighted by Crippen LogP contribution is -2.27. The number of aromatic nitrogens is 3. The minimum Gasteiger partial charge on any atom is -0.344 e. The van der Waals surface area contributed by atoms with Crippen molar-refractivity contribution in [3.63, 3.8) is 0 Å². The van der Waals surface area contributed by atoms with E-state index in [0.717, 1.165) is 21.4 Å². The Hall–Kier alpha value is -2.47. The van der Waals surface area contributed by atoms with Gasteiger partial charge in [-0.2, -0.15) is 0 Å². The molecule has 134 valence electrons. The van der Waals surface area contributed by atoms with E-state index < -0.39 is 6.04 Å². The predicted molar refractivity (Wildman–Crippen MR) is 105 cm³/mol. The van der Waals surface area contributed by atoms with Gasteiger partial charge in [0.05, 0.1) is 6.04 Å². The number of hydrogen-bond acceptors (Lipinski definition) is 3. The fourth-order valence-electron chi connectivity index (χ4n) is 3.10. The van der Waals surface area contributed by atoms with E-state index >= 15 is 0 Å². The summed E-state index contributed by atoms with van der Waals surface area (Å²) in [5, 5.41) is 0. The maximum Gasteiger partial charge on any atom is 0.251 e. The van der Waals surface area contributed by atoms with Crippen LogP contribution < -0.4 is 5.56 Å². The average Bonchev–Trinajstić information content (AvgIpc) is 2.91. The molecule has 0 aromatic carbocycles. The molecule has 0 aliphatic heterocycles. The Labute approximate surface area is 160 Å². The zero-order valence-electron chi connectivity index (χ0n) is 14.9. The van der Waals surface area contributed by atoms with Crippen molar-refractivity contribution in [1.29, 1.82) is 0 Å². The van der Waals surface area contributed by atoms with Gasteiger partial charge in [-0.05, 0) is 66.5 Å². The molecule has 0 spiro atoms. The molecule has 0 saturated heterocycles. The minimum absolute atomic E-state index is 0.0701. The van der Waals surface area contributed by atoms with E-state index in [1.54, 1.807) is 31.6 Å². The summed E-state index contributed by atoms with van der Waals surface area (Å²) in [6.45, 7) is 6.36. The van der Waals surface area contributed by atoms with Gasteiger partial charge in [0.1, 0.15) is 0 Å². The molecule has 3 heterocycles. The highest BCUT2D eigenvalue weighted by atomic mass is 79.9. The van der Waals surface area contributed by atoms with Gasteiger partial charge in [0.25, 0.3) is 5.56 Å². The fourth-order valence-corrected chi connectivity index (χ4v) is 3.45. The van der Waals surface area contributed by atoms with E-state index in [-0.39, 0.29) is 11.3 Å². The van der Waals surface area contributed by atoms with Crippen molar-refractivity contribution >= 4 is 21.7 Å². The second-order valence-electron chi connectivity index (χ2n) is 6.36. The van der Waals surface area contributed by atoms with E-state index in [2.05, 4.69) is 25.5 Å². The Morgan fingerprint density at radius 3 is 2.58 bits per heavy atom. The highest BCUT2D eigenvalue weighted by Gasteiger charge is 2.23. The molecule has 1 atom stereocenters. The third kappa shape index (κ3) is 3.55. The zero-order valence-corrected chi connectivity index (χ0v) is 16.5. The Bertz CT molecular complexity index is 1010. The zero-order chi connectivity index (χ0) is 18.8. The molecule has 0 amide bonds. The smallest absolute Gasteiger partial charge is 0.251 e. The Morgan fingerprint density at radius 1 is 1.19 bits per heavy atom. The first-order valence-electron chi connectivity index (χ1n) is 8.36. The number of ketones is 1. The molecule has 0 aliphatic rings. The maximum absolute atomic E-state index is 13.0. The molecule has 3 aromatic heterocycles. The van der Waals surface area contributed by atoms with Gasteiger partial charge in [-0.3, -0.25) is 14.6 Å². The molecule has 0 fully saturated rings. The monoisotopic (exact) mass is 413 g/mol. The molecule has 0 saturated carbocycles. The van der Waals surface area contributed by atoms with Crippen LogP contribution in [0.5, 0.6) is 0 Å². The lowest BCUT2D eigenvalue weighted by molar-refractivity contribution is 0.0932. The summed E-state index contributed by atoms with van der Waals surface area (Å²) < 4.78 is 4.33. The topological polar surface area (TPSA) is 56.9 Å². The third-order valence-corrected chi connectivity index (χ3v) is 5.10. The van der Waals surface area contributed by atoms with Crippen molar-refractivity contribution in [2.75, 3.05) is 0 Å². The fraction of sp³-hybridized carbons (Fsp3) is 0.250. The molecule has 0 radical (unpaired) electrons. The van der Waals surface area contributed by atoms with Crippen LogP contribution in [0.1, 0.15) is 40.3 Å². The second-order valence-corrected chi connectivity index (χ2v) is 7.28. The van der Waals surface area contributed by atoms with E-state index in [1.807, 2.05) is 32.0 Å². The van der Waals surface area contributed by atoms with Gasteiger partial charge in [-0.25, -0.2) is 0 Å². The van der Waals surface area contributed by atoms with Gasteiger partial charge in [-0.15, -0.1) is 0 Å². The summed E-state index contributed by atoms with van der Waals surface area (Å²) in [6, 6.07) is 8.39. The van der Waals surface area contributed by atoms with Crippen molar-refractivity contribution in [1.82, 2.24) is 14.1 Å². The van der Waals surface area contributed by atoms with Gasteiger partial charge in [0, 0.05) is 52.6 Å². The van der Waals surface area contributed by atoms with Crippen molar-refractivity contribution in [2.24, 2.45) is 0 Å². The van der Waals surface area contributed by atoms with Crippen LogP contribution in [0.2, 0.25) is 0 Å². The molecule has 3 aromatic rings. The molecular formula is C20H20BrN3O2. The van der Waals surface area contributed by atoms with Gasteiger partial charge in [-0.1, -0.05) is 0 Å². The van der Waals surface area contributed by atoms with Crippen LogP contribution in [-0.4, -0.2) is 19.9 Å². The summed E-state index contributed by atoms with van der Waals surface area (Å²) in [7, 11) is 0. The van der Waals surface area contributed by atoms with Gasteiger partial charge in [0.2, 0.25) is 0 Å². The lowest BCUT2D eigenvalue weighted by Gasteiger charge is -2.15. The second kappa shape index (κ2) is 7.41. The number of rotatable bonds is 5. The lowest BCUT2D eigenvalue weighted by atomic mass is 10.1. The first-order valence-corrected chi connectivity index (χ1v) is 9.15. The number of halogens is 1. The number of carbonyl (C=O) groups is 1. The minimum atomic E-state index is -0.574. The number of carbonyl (C=O) groups excluding carboxylic acids is 1. The maximum atomic E-state index is 13.0. The van der Waals surface area contributed by atoms with Crippen molar-refractivity contribution in [3.8, 4) is 0 Å². The van der Waals surface area contributed by atoms with Crippen LogP contribution in [0.25, 0.3) is 0 Å². The summed E-state index contributed by atoms with van der Waals surface area (Å²) in [4.78, 5) is 29.2. The van der Waals surface area contributed by atoms with Gasteiger partial charge in [0.15, 0.2) is 5.78 Å². The highest BCUT2D eigenvalue weighted by molar-refractivity contribution is 9.10. The summed E-state index contributed by atoms with van der Waals surface area (Å²) in [5.74, 6) is -0.0701. The van der Waals surface area contributed by atoms with Crippen LogP contribution in [0.3, 0.4) is 0 Å². The number of nitrogens with zero attached hydrogens (tertiary/aromatic N) is 3. The van der Waals surface area contributed by atoms with Crippen LogP contribution in [0.15, 0.2) is 58.2 Å². The van der Waals surface area contributed by atoms with E-state index in [9.17, 15) is 9.59 Å². The van der Waals surface area contributed by atoms with Crippen molar-refractivity contribution in [2.45, 2.75) is 33.4 Å². The van der Waals surface area contributed by atoms with Crippen LogP contribution >= 0.6 is 15.9 Å². The standard InChI is InChI=1S/C20H20BrN3O2/c1-13-10-18(14(2)23(13)11-16-6-8-22-9-7-16)20(26)15(3)24-12-17(21)4-5-19(24)25/h4-10,12,15H,11H2,1-3H3. The first-order chi connectivity index (χ1) is 12.4. The Kier molecular flexibility index (Phi) is 5.23. The summed E-state index contributed by atoms with van der Waals surface area (Å²) in [5.41, 5.74) is 3.49. The number of Topliss-reactive ketones (excluding diaryl/α,β-unsaturated/α-hetero) is 1. The van der Waals surface area contributed by atoms with Crippen LogP contribution in [0, 0.1) is 13.8 Å². The molecular weight excluding hydrogens is 394 g/mol. The molecule has 0 aliphatic carbocycles. The number of pyridine rings is 2. The predicted octanol–water partition coefficient (Wildman–Crippen LogP) is 3.92. The van der Waals surface area contributed by atoms with Crippen molar-refractivity contribution in [3.05, 3.63) is 86.3 Å².